The van der Waals surface area contributed by atoms with Gasteiger partial charge >= 0.3 is 5.97 Å². The minimum Gasteiger partial charge on any atom is -0.462 e. The standard InChI is InChI=1S/C16H19Cl3O2/c1-10(16(2)5-3-4-6-16)9-21-15(20)12-7-11(17)8-13(18)14(12)19/h7-8,10H,3-6,9H2,1-2H3. The first-order valence-electron chi connectivity index (χ1n) is 7.15. The third-order valence-corrected chi connectivity index (χ3v) is 5.63. The quantitative estimate of drug-likeness (QED) is 0.490. The number of halogens is 3. The molecule has 0 bridgehead atoms. The van der Waals surface area contributed by atoms with Crippen LogP contribution in [0.4, 0.5) is 0 Å². The number of benzene rings is 1. The second-order valence-electron chi connectivity index (χ2n) is 6.11. The highest BCUT2D eigenvalue weighted by atomic mass is 35.5. The molecule has 0 spiro atoms. The summed E-state index contributed by atoms with van der Waals surface area (Å²) in [5.41, 5.74) is 0.480. The summed E-state index contributed by atoms with van der Waals surface area (Å²) >= 11 is 17.9. The lowest BCUT2D eigenvalue weighted by Gasteiger charge is -2.30. The molecule has 1 unspecified atom stereocenters. The van der Waals surface area contributed by atoms with E-state index in [0.717, 1.165) is 0 Å². The molecule has 1 saturated carbocycles. The van der Waals surface area contributed by atoms with Crippen molar-refractivity contribution in [2.24, 2.45) is 11.3 Å². The maximum Gasteiger partial charge on any atom is 0.339 e. The number of hydrogen-bond acceptors (Lipinski definition) is 2. The van der Waals surface area contributed by atoms with Crippen LogP contribution >= 0.6 is 34.8 Å². The monoisotopic (exact) mass is 348 g/mol. The molecule has 1 aliphatic rings. The van der Waals surface area contributed by atoms with E-state index in [9.17, 15) is 4.79 Å². The van der Waals surface area contributed by atoms with Crippen LogP contribution in [0.2, 0.25) is 15.1 Å². The lowest BCUT2D eigenvalue weighted by atomic mass is 9.77. The minimum absolute atomic E-state index is 0.186. The lowest BCUT2D eigenvalue weighted by Crippen LogP contribution is -2.27. The van der Waals surface area contributed by atoms with Crippen LogP contribution in [0.5, 0.6) is 0 Å². The fourth-order valence-corrected chi connectivity index (χ4v) is 3.54. The van der Waals surface area contributed by atoms with Crippen molar-refractivity contribution in [3.63, 3.8) is 0 Å². The van der Waals surface area contributed by atoms with Crippen molar-refractivity contribution in [2.45, 2.75) is 39.5 Å². The van der Waals surface area contributed by atoms with Gasteiger partial charge in [0.2, 0.25) is 0 Å². The van der Waals surface area contributed by atoms with E-state index in [1.54, 1.807) is 0 Å². The van der Waals surface area contributed by atoms with Crippen molar-refractivity contribution in [3.05, 3.63) is 32.8 Å². The number of carbonyl (C=O) groups excluding carboxylic acids is 1. The Hall–Kier alpha value is -0.440. The predicted molar refractivity (Wildman–Crippen MR) is 87.5 cm³/mol. The molecule has 21 heavy (non-hydrogen) atoms. The molecule has 0 aromatic heterocycles. The van der Waals surface area contributed by atoms with Crippen LogP contribution in [0.1, 0.15) is 49.9 Å². The summed E-state index contributed by atoms with van der Waals surface area (Å²) in [7, 11) is 0. The zero-order valence-corrected chi connectivity index (χ0v) is 14.5. The number of ether oxygens (including phenoxy) is 1. The summed E-state index contributed by atoms with van der Waals surface area (Å²) in [6.07, 6.45) is 4.89. The van der Waals surface area contributed by atoms with Crippen LogP contribution in [0.3, 0.4) is 0 Å². The molecule has 1 atom stereocenters. The molecule has 1 fully saturated rings. The van der Waals surface area contributed by atoms with Crippen LogP contribution in [-0.2, 0) is 4.74 Å². The molecule has 1 aliphatic carbocycles. The normalized spacial score (nSPS) is 18.5. The fourth-order valence-electron chi connectivity index (χ4n) is 2.86. The van der Waals surface area contributed by atoms with Crippen molar-refractivity contribution in [2.75, 3.05) is 6.61 Å². The van der Waals surface area contributed by atoms with Crippen LogP contribution in [0.25, 0.3) is 0 Å². The molecule has 0 N–H and O–H groups in total. The minimum atomic E-state index is -0.474. The Bertz CT molecular complexity index is 537. The van der Waals surface area contributed by atoms with Crippen molar-refractivity contribution < 1.29 is 9.53 Å². The molecular formula is C16H19Cl3O2. The van der Waals surface area contributed by atoms with Gasteiger partial charge in [-0.05, 0) is 36.3 Å². The van der Waals surface area contributed by atoms with Gasteiger partial charge in [0.15, 0.2) is 0 Å². The maximum atomic E-state index is 12.2. The first-order valence-corrected chi connectivity index (χ1v) is 8.28. The topological polar surface area (TPSA) is 26.3 Å². The highest BCUT2D eigenvalue weighted by molar-refractivity contribution is 6.45. The molecule has 0 heterocycles. The second-order valence-corrected chi connectivity index (χ2v) is 7.33. The van der Waals surface area contributed by atoms with Crippen molar-refractivity contribution in [1.29, 1.82) is 0 Å². The van der Waals surface area contributed by atoms with E-state index in [-0.39, 0.29) is 21.0 Å². The van der Waals surface area contributed by atoms with Gasteiger partial charge in [-0.2, -0.15) is 0 Å². The molecule has 0 aliphatic heterocycles. The summed E-state index contributed by atoms with van der Waals surface area (Å²) in [5.74, 6) is -0.157. The highest BCUT2D eigenvalue weighted by Crippen LogP contribution is 2.44. The Morgan fingerprint density at radius 1 is 1.29 bits per heavy atom. The maximum absolute atomic E-state index is 12.2. The molecule has 2 rings (SSSR count). The van der Waals surface area contributed by atoms with E-state index in [1.807, 2.05) is 0 Å². The third kappa shape index (κ3) is 3.85. The summed E-state index contributed by atoms with van der Waals surface area (Å²) in [5, 5.41) is 0.810. The largest absolute Gasteiger partial charge is 0.462 e. The first-order chi connectivity index (χ1) is 9.83. The summed E-state index contributed by atoms with van der Waals surface area (Å²) < 4.78 is 5.42. The van der Waals surface area contributed by atoms with E-state index in [2.05, 4.69) is 13.8 Å². The van der Waals surface area contributed by atoms with Gasteiger partial charge in [0.25, 0.3) is 0 Å². The van der Waals surface area contributed by atoms with Crippen LogP contribution < -0.4 is 0 Å². The van der Waals surface area contributed by atoms with Gasteiger partial charge in [-0.15, -0.1) is 0 Å². The third-order valence-electron chi connectivity index (χ3n) is 4.61. The molecular weight excluding hydrogens is 331 g/mol. The van der Waals surface area contributed by atoms with E-state index in [1.165, 1.54) is 37.8 Å². The van der Waals surface area contributed by atoms with Gasteiger partial charge in [-0.25, -0.2) is 4.79 Å². The number of rotatable bonds is 4. The number of carbonyl (C=O) groups is 1. The zero-order chi connectivity index (χ0) is 15.6. The molecule has 0 amide bonds. The Morgan fingerprint density at radius 2 is 1.90 bits per heavy atom. The molecule has 1 aromatic carbocycles. The fraction of sp³-hybridized carbons (Fsp3) is 0.562. The summed E-state index contributed by atoms with van der Waals surface area (Å²) in [6, 6.07) is 2.99. The molecule has 0 saturated heterocycles. The van der Waals surface area contributed by atoms with E-state index in [0.29, 0.717) is 17.5 Å². The Labute approximate surface area is 140 Å². The van der Waals surface area contributed by atoms with Gasteiger partial charge in [-0.1, -0.05) is 61.5 Å². The molecule has 0 radical (unpaired) electrons. The number of esters is 1. The van der Waals surface area contributed by atoms with Gasteiger partial charge in [0.05, 0.1) is 22.2 Å². The number of hydrogen-bond donors (Lipinski definition) is 0. The Morgan fingerprint density at radius 3 is 2.52 bits per heavy atom. The molecule has 5 heteroatoms. The van der Waals surface area contributed by atoms with Crippen LogP contribution in [0.15, 0.2) is 12.1 Å². The van der Waals surface area contributed by atoms with E-state index in [4.69, 9.17) is 39.5 Å². The highest BCUT2D eigenvalue weighted by Gasteiger charge is 2.35. The smallest absolute Gasteiger partial charge is 0.339 e. The summed E-state index contributed by atoms with van der Waals surface area (Å²) in [4.78, 5) is 12.2. The van der Waals surface area contributed by atoms with Gasteiger partial charge in [0.1, 0.15) is 0 Å². The van der Waals surface area contributed by atoms with Crippen LogP contribution in [-0.4, -0.2) is 12.6 Å². The SMILES string of the molecule is CC(COC(=O)c1cc(Cl)cc(Cl)c1Cl)C1(C)CCCC1. The van der Waals surface area contributed by atoms with Crippen molar-refractivity contribution >= 4 is 40.8 Å². The zero-order valence-electron chi connectivity index (χ0n) is 12.2. The van der Waals surface area contributed by atoms with Gasteiger partial charge in [-0.3, -0.25) is 0 Å². The summed E-state index contributed by atoms with van der Waals surface area (Å²) in [6.45, 7) is 4.78. The first kappa shape index (κ1) is 16.9. The lowest BCUT2D eigenvalue weighted by molar-refractivity contribution is 0.0321. The average molecular weight is 350 g/mol. The second kappa shape index (κ2) is 6.76. The molecule has 1 aromatic rings. The Kier molecular flexibility index (Phi) is 5.45. The Balaban J connectivity index is 2.02. The average Bonchev–Trinajstić information content (AvgIpc) is 2.88. The van der Waals surface area contributed by atoms with Crippen molar-refractivity contribution in [3.8, 4) is 0 Å². The van der Waals surface area contributed by atoms with Crippen LogP contribution in [0, 0.1) is 11.3 Å². The van der Waals surface area contributed by atoms with E-state index < -0.39 is 5.97 Å². The van der Waals surface area contributed by atoms with Gasteiger partial charge in [0, 0.05) is 5.02 Å². The molecule has 116 valence electrons. The van der Waals surface area contributed by atoms with E-state index >= 15 is 0 Å². The van der Waals surface area contributed by atoms with Crippen molar-refractivity contribution in [1.82, 2.24) is 0 Å². The molecule has 2 nitrogen and oxygen atoms in total. The predicted octanol–water partition coefficient (Wildman–Crippen LogP) is 6.02. The van der Waals surface area contributed by atoms with Gasteiger partial charge < -0.3 is 4.74 Å².